The highest BCUT2D eigenvalue weighted by atomic mass is 35.5. The molecule has 3 aromatic rings. The number of nitrogens with one attached hydrogen (secondary N) is 2. The first kappa shape index (κ1) is 24.8. The van der Waals surface area contributed by atoms with Gasteiger partial charge in [-0.25, -0.2) is 0 Å². The molecule has 0 aliphatic rings. The molecule has 3 rings (SSSR count). The quantitative estimate of drug-likeness (QED) is 0.361. The molecule has 34 heavy (non-hydrogen) atoms. The first-order valence-electron chi connectivity index (χ1n) is 10.7. The van der Waals surface area contributed by atoms with Crippen molar-refractivity contribution in [3.8, 4) is 11.5 Å². The average Bonchev–Trinajstić information content (AvgIpc) is 2.82. The molecular weight excluding hydrogens is 456 g/mol. The zero-order chi connectivity index (χ0) is 24.3. The molecule has 0 aromatic heterocycles. The zero-order valence-corrected chi connectivity index (χ0v) is 19.4. The van der Waals surface area contributed by atoms with Crippen LogP contribution in [0.1, 0.15) is 24.8 Å². The summed E-state index contributed by atoms with van der Waals surface area (Å²) in [5.41, 5.74) is 2.20. The van der Waals surface area contributed by atoms with Crippen LogP contribution in [0.2, 0.25) is 5.02 Å². The maximum absolute atomic E-state index is 12.1. The second-order valence-electron chi connectivity index (χ2n) is 7.51. The number of carbonyl (C=O) groups excluding carboxylic acids is 3. The molecule has 0 unspecified atom stereocenters. The summed E-state index contributed by atoms with van der Waals surface area (Å²) in [6.07, 6.45) is 0.494. The number of halogens is 1. The molecule has 0 spiro atoms. The van der Waals surface area contributed by atoms with Gasteiger partial charge in [0, 0.05) is 29.2 Å². The van der Waals surface area contributed by atoms with E-state index in [2.05, 4.69) is 10.6 Å². The van der Waals surface area contributed by atoms with Gasteiger partial charge >= 0.3 is 5.97 Å². The lowest BCUT2D eigenvalue weighted by atomic mass is 10.2. The summed E-state index contributed by atoms with van der Waals surface area (Å²) in [5.74, 6) is 0.104. The Hall–Kier alpha value is -3.84. The molecule has 176 valence electrons. The van der Waals surface area contributed by atoms with Gasteiger partial charge in [0.05, 0.1) is 0 Å². The van der Waals surface area contributed by atoms with Crippen LogP contribution >= 0.6 is 11.6 Å². The first-order chi connectivity index (χ1) is 16.4. The molecule has 0 fully saturated rings. The molecule has 0 saturated carbocycles. The number of carbonyl (C=O) groups is 3. The number of anilines is 2. The van der Waals surface area contributed by atoms with E-state index in [0.29, 0.717) is 34.3 Å². The Labute approximate surface area is 203 Å². The highest BCUT2D eigenvalue weighted by Gasteiger charge is 2.10. The maximum atomic E-state index is 12.1. The van der Waals surface area contributed by atoms with Gasteiger partial charge < -0.3 is 20.1 Å². The Kier molecular flexibility index (Phi) is 9.05. The third kappa shape index (κ3) is 8.26. The van der Waals surface area contributed by atoms with E-state index in [-0.39, 0.29) is 25.4 Å². The number of amides is 2. The van der Waals surface area contributed by atoms with Gasteiger partial charge in [-0.1, -0.05) is 29.8 Å². The van der Waals surface area contributed by atoms with Crippen molar-refractivity contribution in [3.05, 3.63) is 83.4 Å². The molecule has 0 radical (unpaired) electrons. The predicted molar refractivity (Wildman–Crippen MR) is 131 cm³/mol. The van der Waals surface area contributed by atoms with Crippen LogP contribution in [0.4, 0.5) is 11.4 Å². The van der Waals surface area contributed by atoms with E-state index >= 15 is 0 Å². The Morgan fingerprint density at radius 3 is 2.12 bits per heavy atom. The van der Waals surface area contributed by atoms with Crippen molar-refractivity contribution in [2.75, 3.05) is 17.2 Å². The van der Waals surface area contributed by atoms with E-state index in [1.165, 1.54) is 0 Å². The van der Waals surface area contributed by atoms with Gasteiger partial charge in [-0.05, 0) is 73.5 Å². The van der Waals surface area contributed by atoms with E-state index in [4.69, 9.17) is 21.1 Å². The molecular formula is C26H25ClN2O5. The SMILES string of the molecule is Cc1ccccc1NC(=O)COC(=O)CCCC(=O)Nc1ccc(Oc2ccc(Cl)cc2)cc1. The number of para-hydroxylation sites is 1. The van der Waals surface area contributed by atoms with E-state index in [1.54, 1.807) is 54.6 Å². The lowest BCUT2D eigenvalue weighted by molar-refractivity contribution is -0.147. The number of esters is 1. The van der Waals surface area contributed by atoms with Crippen LogP contribution in [0.15, 0.2) is 72.8 Å². The Bertz CT molecular complexity index is 1130. The number of rotatable bonds is 10. The highest BCUT2D eigenvalue weighted by Crippen LogP contribution is 2.24. The Balaban J connectivity index is 1.33. The molecule has 0 saturated heterocycles. The molecule has 3 aromatic carbocycles. The van der Waals surface area contributed by atoms with Gasteiger partial charge in [-0.2, -0.15) is 0 Å². The van der Waals surface area contributed by atoms with Gasteiger partial charge in [0.15, 0.2) is 6.61 Å². The van der Waals surface area contributed by atoms with E-state index in [1.807, 2.05) is 25.1 Å². The summed E-state index contributed by atoms with van der Waals surface area (Å²) in [6.45, 7) is 1.50. The zero-order valence-electron chi connectivity index (χ0n) is 18.7. The van der Waals surface area contributed by atoms with Crippen LogP contribution in [-0.4, -0.2) is 24.4 Å². The fourth-order valence-electron chi connectivity index (χ4n) is 2.98. The largest absolute Gasteiger partial charge is 0.457 e. The predicted octanol–water partition coefficient (Wildman–Crippen LogP) is 5.73. The van der Waals surface area contributed by atoms with E-state index < -0.39 is 11.9 Å². The Morgan fingerprint density at radius 1 is 0.794 bits per heavy atom. The molecule has 0 atom stereocenters. The minimum atomic E-state index is -0.531. The molecule has 0 bridgehead atoms. The fraction of sp³-hybridized carbons (Fsp3) is 0.192. The average molecular weight is 481 g/mol. The molecule has 8 heteroatoms. The van der Waals surface area contributed by atoms with Crippen LogP contribution in [0.3, 0.4) is 0 Å². The van der Waals surface area contributed by atoms with Crippen molar-refractivity contribution in [2.45, 2.75) is 26.2 Å². The normalized spacial score (nSPS) is 10.3. The van der Waals surface area contributed by atoms with Gasteiger partial charge in [0.1, 0.15) is 11.5 Å². The van der Waals surface area contributed by atoms with Crippen molar-refractivity contribution in [3.63, 3.8) is 0 Å². The van der Waals surface area contributed by atoms with Gasteiger partial charge in [-0.15, -0.1) is 0 Å². The van der Waals surface area contributed by atoms with Crippen LogP contribution in [0.25, 0.3) is 0 Å². The van der Waals surface area contributed by atoms with Crippen molar-refractivity contribution in [2.24, 2.45) is 0 Å². The number of benzene rings is 3. The van der Waals surface area contributed by atoms with Crippen LogP contribution in [-0.2, 0) is 19.1 Å². The fourth-order valence-corrected chi connectivity index (χ4v) is 3.11. The first-order valence-corrected chi connectivity index (χ1v) is 11.1. The molecule has 0 aliphatic heterocycles. The lowest BCUT2D eigenvalue weighted by Gasteiger charge is -2.09. The third-order valence-electron chi connectivity index (χ3n) is 4.76. The standard InChI is InChI=1S/C26H25ClN2O5/c1-18-5-2-3-6-23(18)29-25(31)17-33-26(32)8-4-7-24(30)28-20-11-15-22(16-12-20)34-21-13-9-19(27)10-14-21/h2-3,5-6,9-16H,4,7-8,17H2,1H3,(H,28,30)(H,29,31). The molecule has 2 N–H and O–H groups in total. The maximum Gasteiger partial charge on any atom is 0.306 e. The summed E-state index contributed by atoms with van der Waals surface area (Å²) in [6, 6.07) is 21.3. The third-order valence-corrected chi connectivity index (χ3v) is 5.01. The Morgan fingerprint density at radius 2 is 1.44 bits per heavy atom. The number of aryl methyl sites for hydroxylation is 1. The topological polar surface area (TPSA) is 93.7 Å². The second-order valence-corrected chi connectivity index (χ2v) is 7.94. The summed E-state index contributed by atoms with van der Waals surface area (Å²) < 4.78 is 10.7. The lowest BCUT2D eigenvalue weighted by Crippen LogP contribution is -2.21. The van der Waals surface area contributed by atoms with Crippen LogP contribution in [0, 0.1) is 6.92 Å². The van der Waals surface area contributed by atoms with Crippen LogP contribution < -0.4 is 15.4 Å². The minimum absolute atomic E-state index is 0.0406. The number of ether oxygens (including phenoxy) is 2. The van der Waals surface area contributed by atoms with Crippen molar-refractivity contribution in [1.29, 1.82) is 0 Å². The molecule has 0 aliphatic carbocycles. The van der Waals surface area contributed by atoms with Crippen molar-refractivity contribution >= 4 is 40.8 Å². The summed E-state index contributed by atoms with van der Waals surface area (Å²) in [7, 11) is 0. The van der Waals surface area contributed by atoms with Crippen molar-refractivity contribution < 1.29 is 23.9 Å². The smallest absolute Gasteiger partial charge is 0.306 e. The van der Waals surface area contributed by atoms with Crippen LogP contribution in [0.5, 0.6) is 11.5 Å². The highest BCUT2D eigenvalue weighted by molar-refractivity contribution is 6.30. The monoisotopic (exact) mass is 480 g/mol. The summed E-state index contributed by atoms with van der Waals surface area (Å²) >= 11 is 5.86. The molecule has 2 amide bonds. The van der Waals surface area contributed by atoms with Crippen molar-refractivity contribution in [1.82, 2.24) is 0 Å². The van der Waals surface area contributed by atoms with E-state index in [0.717, 1.165) is 5.56 Å². The van der Waals surface area contributed by atoms with Gasteiger partial charge in [0.2, 0.25) is 5.91 Å². The van der Waals surface area contributed by atoms with Gasteiger partial charge in [0.25, 0.3) is 5.91 Å². The summed E-state index contributed by atoms with van der Waals surface area (Å²) in [5, 5.41) is 6.09. The molecule has 0 heterocycles. The number of hydrogen-bond acceptors (Lipinski definition) is 5. The number of hydrogen-bond donors (Lipinski definition) is 2. The molecule has 7 nitrogen and oxygen atoms in total. The van der Waals surface area contributed by atoms with E-state index in [9.17, 15) is 14.4 Å². The van der Waals surface area contributed by atoms with Gasteiger partial charge in [-0.3, -0.25) is 14.4 Å². The minimum Gasteiger partial charge on any atom is -0.457 e. The summed E-state index contributed by atoms with van der Waals surface area (Å²) in [4.78, 5) is 35.9. The second kappa shape index (κ2) is 12.4.